The summed E-state index contributed by atoms with van der Waals surface area (Å²) in [5.41, 5.74) is 0.411. The summed E-state index contributed by atoms with van der Waals surface area (Å²) < 4.78 is 0. The highest BCUT2D eigenvalue weighted by atomic mass is 15.2. The van der Waals surface area contributed by atoms with Gasteiger partial charge in [-0.15, -0.1) is 0 Å². The van der Waals surface area contributed by atoms with E-state index in [2.05, 4.69) is 53.5 Å². The Morgan fingerprint density at radius 2 is 1.43 bits per heavy atom. The van der Waals surface area contributed by atoms with Crippen LogP contribution in [0.4, 0.5) is 0 Å². The molecule has 0 rings (SSSR count). The predicted molar refractivity (Wildman–Crippen MR) is 107 cm³/mol. The van der Waals surface area contributed by atoms with E-state index in [-0.39, 0.29) is 0 Å². The average Bonchev–Trinajstić information content (AvgIpc) is 2.54. The van der Waals surface area contributed by atoms with Gasteiger partial charge in [-0.05, 0) is 51.6 Å². The van der Waals surface area contributed by atoms with Crippen LogP contribution in [0.5, 0.6) is 0 Å². The van der Waals surface area contributed by atoms with E-state index in [1.165, 1.54) is 77.2 Å². The van der Waals surface area contributed by atoms with Crippen molar-refractivity contribution in [2.75, 3.05) is 13.6 Å². The van der Waals surface area contributed by atoms with Crippen molar-refractivity contribution in [3.63, 3.8) is 0 Å². The van der Waals surface area contributed by atoms with E-state index < -0.39 is 0 Å². The van der Waals surface area contributed by atoms with E-state index in [0.717, 1.165) is 11.8 Å². The van der Waals surface area contributed by atoms with Gasteiger partial charge in [-0.2, -0.15) is 0 Å². The van der Waals surface area contributed by atoms with Crippen LogP contribution in [0.3, 0.4) is 0 Å². The number of hydrogen-bond donors (Lipinski definition) is 0. The van der Waals surface area contributed by atoms with Crippen molar-refractivity contribution >= 4 is 0 Å². The molecule has 0 aromatic rings. The smallest absolute Gasteiger partial charge is 0.0178 e. The van der Waals surface area contributed by atoms with Crippen LogP contribution in [0, 0.1) is 11.8 Å². The zero-order valence-corrected chi connectivity index (χ0v) is 17.6. The summed E-state index contributed by atoms with van der Waals surface area (Å²) in [6, 6.07) is 0. The maximum absolute atomic E-state index is 2.69. The van der Waals surface area contributed by atoms with Crippen molar-refractivity contribution in [1.82, 2.24) is 4.90 Å². The minimum Gasteiger partial charge on any atom is -0.301 e. The highest BCUT2D eigenvalue weighted by molar-refractivity contribution is 4.84. The second-order valence-corrected chi connectivity index (χ2v) is 8.23. The van der Waals surface area contributed by atoms with Crippen LogP contribution in [0.1, 0.15) is 112 Å². The molecule has 0 aliphatic carbocycles. The van der Waals surface area contributed by atoms with E-state index in [1.54, 1.807) is 0 Å². The van der Waals surface area contributed by atoms with Crippen molar-refractivity contribution in [2.45, 2.75) is 118 Å². The Labute approximate surface area is 148 Å². The molecule has 1 nitrogen and oxygen atoms in total. The summed E-state index contributed by atoms with van der Waals surface area (Å²) >= 11 is 0. The van der Waals surface area contributed by atoms with Crippen LogP contribution in [0.25, 0.3) is 0 Å². The molecule has 0 spiro atoms. The van der Waals surface area contributed by atoms with E-state index in [4.69, 9.17) is 0 Å². The molecular weight excluding hydrogens is 278 g/mol. The summed E-state index contributed by atoms with van der Waals surface area (Å²) in [4.78, 5) is 2.69. The van der Waals surface area contributed by atoms with E-state index in [0.29, 0.717) is 5.54 Å². The molecule has 0 aliphatic rings. The predicted octanol–water partition coefficient (Wildman–Crippen LogP) is 7.30. The lowest BCUT2D eigenvalue weighted by molar-refractivity contribution is 0.0999. The van der Waals surface area contributed by atoms with Gasteiger partial charge in [0.05, 0.1) is 0 Å². The molecule has 0 aromatic carbocycles. The van der Waals surface area contributed by atoms with E-state index in [9.17, 15) is 0 Å². The van der Waals surface area contributed by atoms with Gasteiger partial charge in [0.15, 0.2) is 0 Å². The molecule has 0 aromatic heterocycles. The Kier molecular flexibility index (Phi) is 13.3. The fourth-order valence-corrected chi connectivity index (χ4v) is 4.06. The molecule has 23 heavy (non-hydrogen) atoms. The monoisotopic (exact) mass is 325 g/mol. The molecule has 1 heteroatoms. The zero-order chi connectivity index (χ0) is 17.7. The summed E-state index contributed by atoms with van der Waals surface area (Å²) in [6.45, 7) is 15.6. The first-order chi connectivity index (χ1) is 10.9. The third-order valence-corrected chi connectivity index (χ3v) is 6.09. The SMILES string of the molecule is CCCCC(CCC)C(C)CCN(C)C(C)(CCC)CCCC. The lowest BCUT2D eigenvalue weighted by Gasteiger charge is -2.40. The normalized spacial score (nSPS) is 17.2. The zero-order valence-electron chi connectivity index (χ0n) is 17.6. The molecule has 0 amide bonds. The molecule has 0 aliphatic heterocycles. The van der Waals surface area contributed by atoms with Gasteiger partial charge in [0.2, 0.25) is 0 Å². The lowest BCUT2D eigenvalue weighted by atomic mass is 9.83. The van der Waals surface area contributed by atoms with Crippen LogP contribution < -0.4 is 0 Å². The highest BCUT2D eigenvalue weighted by Crippen LogP contribution is 2.30. The maximum atomic E-state index is 2.69. The Morgan fingerprint density at radius 1 is 0.783 bits per heavy atom. The summed E-state index contributed by atoms with van der Waals surface area (Å²) in [7, 11) is 2.37. The number of rotatable bonds is 15. The second-order valence-electron chi connectivity index (χ2n) is 8.23. The van der Waals surface area contributed by atoms with Gasteiger partial charge < -0.3 is 4.90 Å². The minimum absolute atomic E-state index is 0.411. The van der Waals surface area contributed by atoms with E-state index in [1.807, 2.05) is 0 Å². The molecule has 0 N–H and O–H groups in total. The average molecular weight is 326 g/mol. The Morgan fingerprint density at radius 3 is 1.96 bits per heavy atom. The van der Waals surface area contributed by atoms with Crippen molar-refractivity contribution in [1.29, 1.82) is 0 Å². The molecule has 3 atom stereocenters. The first-order valence-electron chi connectivity index (χ1n) is 10.7. The van der Waals surface area contributed by atoms with Gasteiger partial charge in [-0.25, -0.2) is 0 Å². The first kappa shape index (κ1) is 23.0. The van der Waals surface area contributed by atoms with Crippen LogP contribution in [-0.2, 0) is 0 Å². The van der Waals surface area contributed by atoms with Crippen molar-refractivity contribution in [3.05, 3.63) is 0 Å². The maximum Gasteiger partial charge on any atom is 0.0178 e. The molecule has 3 unspecified atom stereocenters. The van der Waals surface area contributed by atoms with Gasteiger partial charge in [0.1, 0.15) is 0 Å². The van der Waals surface area contributed by atoms with Crippen LogP contribution in [0.2, 0.25) is 0 Å². The van der Waals surface area contributed by atoms with Gasteiger partial charge in [-0.1, -0.05) is 86.0 Å². The van der Waals surface area contributed by atoms with Crippen molar-refractivity contribution in [2.24, 2.45) is 11.8 Å². The van der Waals surface area contributed by atoms with Gasteiger partial charge in [0.25, 0.3) is 0 Å². The lowest BCUT2D eigenvalue weighted by Crippen LogP contribution is -2.44. The topological polar surface area (TPSA) is 3.24 Å². The van der Waals surface area contributed by atoms with Crippen molar-refractivity contribution < 1.29 is 0 Å². The molecule has 0 bridgehead atoms. The summed E-state index contributed by atoms with van der Waals surface area (Å²) in [6.07, 6.45) is 15.0. The fourth-order valence-electron chi connectivity index (χ4n) is 4.06. The molecule has 0 saturated heterocycles. The summed E-state index contributed by atoms with van der Waals surface area (Å²) in [5, 5.41) is 0. The van der Waals surface area contributed by atoms with Gasteiger partial charge in [-0.3, -0.25) is 0 Å². The minimum atomic E-state index is 0.411. The second kappa shape index (κ2) is 13.3. The number of unbranched alkanes of at least 4 members (excludes halogenated alkanes) is 2. The summed E-state index contributed by atoms with van der Waals surface area (Å²) in [5.74, 6) is 1.82. The number of nitrogens with zero attached hydrogens (tertiary/aromatic N) is 1. The van der Waals surface area contributed by atoms with Crippen LogP contribution in [-0.4, -0.2) is 24.0 Å². The van der Waals surface area contributed by atoms with Gasteiger partial charge >= 0.3 is 0 Å². The highest BCUT2D eigenvalue weighted by Gasteiger charge is 2.28. The van der Waals surface area contributed by atoms with Crippen LogP contribution >= 0.6 is 0 Å². The Bertz CT molecular complexity index is 263. The molecule has 0 saturated carbocycles. The molecule has 0 fully saturated rings. The standard InChI is InChI=1S/C22H47N/c1-8-12-15-21(14-10-3)20(5)16-19-23(7)22(6,17-11-4)18-13-9-2/h20-21H,8-19H2,1-7H3. The first-order valence-corrected chi connectivity index (χ1v) is 10.7. The quantitative estimate of drug-likeness (QED) is 0.305. The number of hydrogen-bond acceptors (Lipinski definition) is 1. The molecule has 0 heterocycles. The Balaban J connectivity index is 4.51. The third kappa shape index (κ3) is 9.13. The largest absolute Gasteiger partial charge is 0.301 e. The molecule has 0 radical (unpaired) electrons. The fraction of sp³-hybridized carbons (Fsp3) is 1.00. The molecular formula is C22H47N. The van der Waals surface area contributed by atoms with Gasteiger partial charge in [0, 0.05) is 5.54 Å². The third-order valence-electron chi connectivity index (χ3n) is 6.09. The Hall–Kier alpha value is -0.0400. The van der Waals surface area contributed by atoms with Crippen molar-refractivity contribution in [3.8, 4) is 0 Å². The van der Waals surface area contributed by atoms with E-state index >= 15 is 0 Å². The van der Waals surface area contributed by atoms with Crippen LogP contribution in [0.15, 0.2) is 0 Å². The molecule has 140 valence electrons.